The lowest BCUT2D eigenvalue weighted by molar-refractivity contribution is -0.148. The summed E-state index contributed by atoms with van der Waals surface area (Å²) in [6.45, 7) is 14.0. The number of aryl methyl sites for hydroxylation is 5. The van der Waals surface area contributed by atoms with Gasteiger partial charge in [0.2, 0.25) is 0 Å². The van der Waals surface area contributed by atoms with E-state index in [0.717, 1.165) is 148 Å². The first kappa shape index (κ1) is 49.0. The van der Waals surface area contributed by atoms with Crippen molar-refractivity contribution in [2.24, 2.45) is 21.7 Å². The van der Waals surface area contributed by atoms with E-state index in [1.165, 1.54) is 50.1 Å². The van der Waals surface area contributed by atoms with Gasteiger partial charge in [0.25, 0.3) is 0 Å². The van der Waals surface area contributed by atoms with Gasteiger partial charge in [-0.3, -0.25) is 19.2 Å². The van der Waals surface area contributed by atoms with Crippen LogP contribution in [0.25, 0.3) is 0 Å². The monoisotopic (exact) mass is 831 g/mol. The molecule has 8 heteroatoms. The van der Waals surface area contributed by atoms with E-state index in [1.54, 1.807) is 27.7 Å². The van der Waals surface area contributed by atoms with E-state index in [2.05, 4.69) is 39.0 Å². The SMILES string of the molecule is Cc1cc(CCCCCCC(C)(C)C(=O)O)c(Cc2c(C)c(CCCCCCC(C)(C)C(=O)O)cc(C)c2CCCCC2(C(=O)O)CC2)cc1CCCCC1(C(=O)O)CC1. The molecule has 8 nitrogen and oxygen atoms in total. The van der Waals surface area contributed by atoms with Gasteiger partial charge in [0, 0.05) is 0 Å². The maximum absolute atomic E-state index is 11.9. The Morgan fingerprint density at radius 2 is 0.900 bits per heavy atom. The van der Waals surface area contributed by atoms with Crippen LogP contribution in [-0.2, 0) is 51.3 Å². The quantitative estimate of drug-likeness (QED) is 0.0569. The lowest BCUT2D eigenvalue weighted by atomic mass is 9.82. The van der Waals surface area contributed by atoms with Crippen LogP contribution in [-0.4, -0.2) is 44.3 Å². The summed E-state index contributed by atoms with van der Waals surface area (Å²) in [6, 6.07) is 7.23. The first-order valence-corrected chi connectivity index (χ1v) is 23.4. The molecular weight excluding hydrogens is 753 g/mol. The third-order valence-electron chi connectivity index (χ3n) is 14.6. The maximum Gasteiger partial charge on any atom is 0.309 e. The van der Waals surface area contributed by atoms with Gasteiger partial charge in [0.15, 0.2) is 0 Å². The number of unbranched alkanes of at least 4 members (excludes halogenated alkanes) is 8. The highest BCUT2D eigenvalue weighted by atomic mass is 16.4. The van der Waals surface area contributed by atoms with Crippen LogP contribution in [0, 0.1) is 42.4 Å². The molecule has 334 valence electrons. The number of hydrogen-bond acceptors (Lipinski definition) is 4. The van der Waals surface area contributed by atoms with Crippen molar-refractivity contribution in [3.05, 3.63) is 68.3 Å². The van der Waals surface area contributed by atoms with E-state index < -0.39 is 45.5 Å². The number of carboxylic acids is 4. The molecule has 0 saturated heterocycles. The first-order valence-electron chi connectivity index (χ1n) is 23.4. The molecule has 0 radical (unpaired) electrons. The molecule has 0 unspecified atom stereocenters. The number of rotatable bonds is 30. The van der Waals surface area contributed by atoms with E-state index in [4.69, 9.17) is 0 Å². The zero-order valence-corrected chi connectivity index (χ0v) is 38.3. The minimum atomic E-state index is -0.741. The predicted octanol–water partition coefficient (Wildman–Crippen LogP) is 12.6. The van der Waals surface area contributed by atoms with Gasteiger partial charge in [-0.1, -0.05) is 69.6 Å². The summed E-state index contributed by atoms with van der Waals surface area (Å²) in [5.74, 6) is -2.77. The van der Waals surface area contributed by atoms with Crippen LogP contribution in [0.3, 0.4) is 0 Å². The Morgan fingerprint density at radius 1 is 0.483 bits per heavy atom. The fourth-order valence-corrected chi connectivity index (χ4v) is 9.36. The number of hydrogen-bond donors (Lipinski definition) is 4. The fraction of sp³-hybridized carbons (Fsp3) is 0.692. The number of benzene rings is 2. The average molecular weight is 831 g/mol. The lowest BCUT2D eigenvalue weighted by Crippen LogP contribution is -2.23. The summed E-state index contributed by atoms with van der Waals surface area (Å²) < 4.78 is 0. The fourth-order valence-electron chi connectivity index (χ4n) is 9.36. The van der Waals surface area contributed by atoms with Gasteiger partial charge in [-0.25, -0.2) is 0 Å². The molecule has 4 rings (SSSR count). The Hall–Kier alpha value is -3.68. The normalized spacial score (nSPS) is 15.5. The molecule has 0 heterocycles. The molecule has 0 spiro atoms. The van der Waals surface area contributed by atoms with Gasteiger partial charge in [-0.05, 0) is 208 Å². The summed E-state index contributed by atoms with van der Waals surface area (Å²) in [6.07, 6.45) is 22.4. The standard InChI is InChI=1S/C52H78O8/c1-36-32-41(22-13-9-11-17-25-50(6,7)46(55)56)42(34-39(36)20-14-18-26-51(28-29-51)47(57)58)35-44-38(3)40(21-12-8-10-16-24-49(4,5)45(53)54)33-37(2)43(44)23-15-19-27-52(30-31-52)48(59)60/h32-34H,8-31,35H2,1-7H3,(H,53,54)(H,55,56)(H,57,58)(H,59,60). The van der Waals surface area contributed by atoms with Crippen molar-refractivity contribution >= 4 is 23.9 Å². The summed E-state index contributed by atoms with van der Waals surface area (Å²) in [5.41, 5.74) is 9.79. The minimum absolute atomic E-state index is 0.492. The van der Waals surface area contributed by atoms with Crippen molar-refractivity contribution in [1.29, 1.82) is 0 Å². The molecule has 0 atom stereocenters. The third kappa shape index (κ3) is 13.7. The van der Waals surface area contributed by atoms with E-state index >= 15 is 0 Å². The Labute approximate surface area is 361 Å². The minimum Gasteiger partial charge on any atom is -0.481 e. The van der Waals surface area contributed by atoms with Gasteiger partial charge in [0.1, 0.15) is 0 Å². The van der Waals surface area contributed by atoms with Crippen molar-refractivity contribution in [3.63, 3.8) is 0 Å². The largest absolute Gasteiger partial charge is 0.481 e. The number of carbonyl (C=O) groups is 4. The highest BCUT2D eigenvalue weighted by Crippen LogP contribution is 2.51. The molecule has 2 aromatic carbocycles. The molecule has 2 aromatic rings. The van der Waals surface area contributed by atoms with Crippen LogP contribution in [0.4, 0.5) is 0 Å². The van der Waals surface area contributed by atoms with Gasteiger partial charge in [0.05, 0.1) is 21.7 Å². The molecule has 2 fully saturated rings. The Kier molecular flexibility index (Phi) is 17.5. The summed E-state index contributed by atoms with van der Waals surface area (Å²) >= 11 is 0. The molecule has 2 aliphatic rings. The smallest absolute Gasteiger partial charge is 0.309 e. The Bertz CT molecular complexity index is 1810. The second-order valence-electron chi connectivity index (χ2n) is 20.5. The third-order valence-corrected chi connectivity index (χ3v) is 14.6. The number of carboxylic acid groups (broad SMARTS) is 4. The summed E-state index contributed by atoms with van der Waals surface area (Å²) in [7, 11) is 0. The molecule has 2 aliphatic carbocycles. The van der Waals surface area contributed by atoms with Crippen LogP contribution < -0.4 is 0 Å². The average Bonchev–Trinajstić information content (AvgIpc) is 4.12. The topological polar surface area (TPSA) is 149 Å². The highest BCUT2D eigenvalue weighted by Gasteiger charge is 2.50. The van der Waals surface area contributed by atoms with Crippen molar-refractivity contribution in [2.75, 3.05) is 0 Å². The van der Waals surface area contributed by atoms with E-state index in [9.17, 15) is 39.6 Å². The zero-order chi connectivity index (χ0) is 44.3. The zero-order valence-electron chi connectivity index (χ0n) is 38.3. The van der Waals surface area contributed by atoms with Crippen LogP contribution in [0.5, 0.6) is 0 Å². The first-order chi connectivity index (χ1) is 28.2. The molecular formula is C52H78O8. The molecule has 0 aromatic heterocycles. The van der Waals surface area contributed by atoms with Crippen molar-refractivity contribution in [2.45, 2.75) is 209 Å². The molecule has 4 N–H and O–H groups in total. The molecule has 0 bridgehead atoms. The molecule has 0 amide bonds. The van der Waals surface area contributed by atoms with Gasteiger partial charge < -0.3 is 20.4 Å². The summed E-state index contributed by atoms with van der Waals surface area (Å²) in [4.78, 5) is 47.0. The van der Waals surface area contributed by atoms with Crippen LogP contribution >= 0.6 is 0 Å². The number of aliphatic carboxylic acids is 4. The Morgan fingerprint density at radius 3 is 1.37 bits per heavy atom. The van der Waals surface area contributed by atoms with Crippen molar-refractivity contribution in [1.82, 2.24) is 0 Å². The van der Waals surface area contributed by atoms with Gasteiger partial charge in [-0.2, -0.15) is 0 Å². The van der Waals surface area contributed by atoms with E-state index in [0.29, 0.717) is 12.8 Å². The van der Waals surface area contributed by atoms with Crippen LogP contribution in [0.15, 0.2) is 18.2 Å². The van der Waals surface area contributed by atoms with Gasteiger partial charge >= 0.3 is 23.9 Å². The van der Waals surface area contributed by atoms with E-state index in [-0.39, 0.29) is 0 Å². The maximum atomic E-state index is 11.9. The molecule has 60 heavy (non-hydrogen) atoms. The van der Waals surface area contributed by atoms with Crippen LogP contribution in [0.1, 0.15) is 206 Å². The molecule has 2 saturated carbocycles. The van der Waals surface area contributed by atoms with Crippen molar-refractivity contribution < 1.29 is 39.6 Å². The Balaban J connectivity index is 1.57. The van der Waals surface area contributed by atoms with Crippen molar-refractivity contribution in [3.8, 4) is 0 Å². The molecule has 0 aliphatic heterocycles. The van der Waals surface area contributed by atoms with Gasteiger partial charge in [-0.15, -0.1) is 0 Å². The highest BCUT2D eigenvalue weighted by molar-refractivity contribution is 5.78. The van der Waals surface area contributed by atoms with E-state index in [1.807, 2.05) is 0 Å². The lowest BCUT2D eigenvalue weighted by Gasteiger charge is -2.23. The van der Waals surface area contributed by atoms with Crippen LogP contribution in [0.2, 0.25) is 0 Å². The second-order valence-corrected chi connectivity index (χ2v) is 20.5. The second kappa shape index (κ2) is 21.4. The summed E-state index contributed by atoms with van der Waals surface area (Å²) in [5, 5.41) is 38.6. The predicted molar refractivity (Wildman–Crippen MR) is 240 cm³/mol.